The first-order chi connectivity index (χ1) is 10.3. The Morgan fingerprint density at radius 3 is 1.36 bits per heavy atom. The SMILES string of the molecule is COC(=O)[C@@H]1C[C@H]1CC(=O)O.COC(=O)[C@H]1C[C@@H]1CC(=O)O. The largest absolute Gasteiger partial charge is 0.481 e. The van der Waals surface area contributed by atoms with Crippen LogP contribution in [0.15, 0.2) is 0 Å². The second kappa shape index (κ2) is 7.77. The minimum Gasteiger partial charge on any atom is -0.481 e. The standard InChI is InChI=1S/2C7H10O4/c2*1-11-7(10)5-2-4(5)3-6(8)9/h2*4-5H,2-3H2,1H3,(H,8,9)/t2*4-,5+/m10/s1. The predicted molar refractivity (Wildman–Crippen MR) is 71.7 cm³/mol. The summed E-state index contributed by atoms with van der Waals surface area (Å²) in [6.45, 7) is 0. The minimum atomic E-state index is -0.846. The molecule has 2 saturated carbocycles. The number of carboxylic acid groups (broad SMARTS) is 2. The molecule has 0 aromatic rings. The van der Waals surface area contributed by atoms with Gasteiger partial charge in [0.1, 0.15) is 0 Å². The molecular weight excluding hydrogens is 296 g/mol. The molecule has 2 fully saturated rings. The van der Waals surface area contributed by atoms with Gasteiger partial charge in [-0.15, -0.1) is 0 Å². The summed E-state index contributed by atoms with van der Waals surface area (Å²) in [6, 6.07) is 0. The number of rotatable bonds is 6. The number of carbonyl (C=O) groups excluding carboxylic acids is 2. The van der Waals surface area contributed by atoms with Gasteiger partial charge in [0.05, 0.1) is 26.1 Å². The van der Waals surface area contributed by atoms with E-state index in [0.717, 1.165) is 0 Å². The molecular formula is C14H20O8. The summed E-state index contributed by atoms with van der Waals surface area (Å²) >= 11 is 0. The second-order valence-electron chi connectivity index (χ2n) is 5.45. The molecule has 4 atom stereocenters. The number of methoxy groups -OCH3 is 2. The molecule has 2 rings (SSSR count). The summed E-state index contributed by atoms with van der Waals surface area (Å²) in [5, 5.41) is 16.7. The lowest BCUT2D eigenvalue weighted by Gasteiger charge is -1.94. The van der Waals surface area contributed by atoms with Crippen molar-refractivity contribution >= 4 is 23.9 Å². The topological polar surface area (TPSA) is 127 Å². The second-order valence-corrected chi connectivity index (χ2v) is 5.45. The van der Waals surface area contributed by atoms with Crippen LogP contribution in [0.4, 0.5) is 0 Å². The van der Waals surface area contributed by atoms with Gasteiger partial charge in [-0.3, -0.25) is 19.2 Å². The fourth-order valence-corrected chi connectivity index (χ4v) is 2.28. The predicted octanol–water partition coefficient (Wildman–Crippen LogP) is 0.540. The first kappa shape index (κ1) is 17.9. The summed E-state index contributed by atoms with van der Waals surface area (Å²) in [6.07, 6.45) is 1.50. The lowest BCUT2D eigenvalue weighted by atomic mass is 10.2. The minimum absolute atomic E-state index is 0.0138. The van der Waals surface area contributed by atoms with E-state index in [1.54, 1.807) is 0 Å². The molecule has 2 N–H and O–H groups in total. The molecule has 0 bridgehead atoms. The average molecular weight is 316 g/mol. The highest BCUT2D eigenvalue weighted by Crippen LogP contribution is 2.42. The highest BCUT2D eigenvalue weighted by atomic mass is 16.5. The Labute approximate surface area is 127 Å². The van der Waals surface area contributed by atoms with Gasteiger partial charge in [-0.1, -0.05) is 0 Å². The zero-order valence-electron chi connectivity index (χ0n) is 12.5. The van der Waals surface area contributed by atoms with Gasteiger partial charge >= 0.3 is 23.9 Å². The normalized spacial score (nSPS) is 27.7. The van der Waals surface area contributed by atoms with Gasteiger partial charge < -0.3 is 19.7 Å². The van der Waals surface area contributed by atoms with Crippen LogP contribution in [0.25, 0.3) is 0 Å². The molecule has 2 aliphatic rings. The van der Waals surface area contributed by atoms with E-state index < -0.39 is 11.9 Å². The third kappa shape index (κ3) is 5.71. The molecule has 0 unspecified atom stereocenters. The quantitative estimate of drug-likeness (QED) is 0.680. The highest BCUT2D eigenvalue weighted by molar-refractivity contribution is 5.78. The van der Waals surface area contributed by atoms with Crippen LogP contribution in [0.3, 0.4) is 0 Å². The Hall–Kier alpha value is -2.12. The zero-order chi connectivity index (χ0) is 16.9. The molecule has 124 valence electrons. The number of esters is 2. The number of carbonyl (C=O) groups is 4. The third-order valence-electron chi connectivity index (χ3n) is 3.73. The molecule has 0 amide bonds. The molecule has 0 spiro atoms. The Kier molecular flexibility index (Phi) is 6.33. The molecule has 0 aliphatic heterocycles. The van der Waals surface area contributed by atoms with Gasteiger partial charge in [0.25, 0.3) is 0 Å². The van der Waals surface area contributed by atoms with Gasteiger partial charge in [-0.2, -0.15) is 0 Å². The van der Waals surface area contributed by atoms with Crippen LogP contribution >= 0.6 is 0 Å². The van der Waals surface area contributed by atoms with E-state index in [4.69, 9.17) is 10.2 Å². The van der Waals surface area contributed by atoms with Gasteiger partial charge in [-0.25, -0.2) is 0 Å². The van der Waals surface area contributed by atoms with Crippen LogP contribution in [0.2, 0.25) is 0 Å². The number of hydrogen-bond acceptors (Lipinski definition) is 6. The van der Waals surface area contributed by atoms with E-state index in [0.29, 0.717) is 12.8 Å². The van der Waals surface area contributed by atoms with Crippen molar-refractivity contribution < 1.29 is 38.9 Å². The molecule has 0 heterocycles. The molecule has 0 aromatic carbocycles. The number of hydrogen-bond donors (Lipinski definition) is 2. The lowest BCUT2D eigenvalue weighted by Crippen LogP contribution is -2.06. The molecule has 0 aromatic heterocycles. The number of carboxylic acids is 2. The Morgan fingerprint density at radius 1 is 0.818 bits per heavy atom. The highest BCUT2D eigenvalue weighted by Gasteiger charge is 2.45. The molecule has 2 aliphatic carbocycles. The van der Waals surface area contributed by atoms with Crippen molar-refractivity contribution in [1.29, 1.82) is 0 Å². The van der Waals surface area contributed by atoms with Crippen LogP contribution in [-0.2, 0) is 28.7 Å². The van der Waals surface area contributed by atoms with Crippen molar-refractivity contribution in [2.24, 2.45) is 23.7 Å². The van der Waals surface area contributed by atoms with Crippen LogP contribution in [-0.4, -0.2) is 48.3 Å². The molecule has 22 heavy (non-hydrogen) atoms. The number of aliphatic carboxylic acids is 2. The maximum atomic E-state index is 10.8. The Morgan fingerprint density at radius 2 is 1.14 bits per heavy atom. The summed E-state index contributed by atoms with van der Waals surface area (Å²) in [7, 11) is 2.64. The van der Waals surface area contributed by atoms with E-state index in [1.165, 1.54) is 14.2 Å². The third-order valence-corrected chi connectivity index (χ3v) is 3.73. The van der Waals surface area contributed by atoms with E-state index in [1.807, 2.05) is 0 Å². The monoisotopic (exact) mass is 316 g/mol. The Balaban J connectivity index is 0.000000220. The van der Waals surface area contributed by atoms with Crippen LogP contribution in [0, 0.1) is 23.7 Å². The van der Waals surface area contributed by atoms with Crippen molar-refractivity contribution in [2.75, 3.05) is 14.2 Å². The van der Waals surface area contributed by atoms with Crippen molar-refractivity contribution in [3.63, 3.8) is 0 Å². The maximum absolute atomic E-state index is 10.8. The fraction of sp³-hybridized carbons (Fsp3) is 0.714. The Bertz CT molecular complexity index is 416. The van der Waals surface area contributed by atoms with Crippen molar-refractivity contribution in [3.05, 3.63) is 0 Å². The summed E-state index contributed by atoms with van der Waals surface area (Å²) in [5.41, 5.74) is 0. The maximum Gasteiger partial charge on any atom is 0.308 e. The van der Waals surface area contributed by atoms with Gasteiger partial charge in [0.2, 0.25) is 0 Å². The van der Waals surface area contributed by atoms with E-state index in [-0.39, 0.29) is 48.5 Å². The molecule has 8 heteroatoms. The van der Waals surface area contributed by atoms with E-state index in [2.05, 4.69) is 9.47 Å². The van der Waals surface area contributed by atoms with Crippen LogP contribution < -0.4 is 0 Å². The molecule has 8 nitrogen and oxygen atoms in total. The molecule has 0 radical (unpaired) electrons. The molecule has 0 saturated heterocycles. The summed E-state index contributed by atoms with van der Waals surface area (Å²) < 4.78 is 8.91. The first-order valence-corrected chi connectivity index (χ1v) is 6.89. The smallest absolute Gasteiger partial charge is 0.308 e. The van der Waals surface area contributed by atoms with Crippen molar-refractivity contribution in [3.8, 4) is 0 Å². The lowest BCUT2D eigenvalue weighted by molar-refractivity contribution is -0.144. The first-order valence-electron chi connectivity index (χ1n) is 6.89. The van der Waals surface area contributed by atoms with Gasteiger partial charge in [-0.05, 0) is 24.7 Å². The van der Waals surface area contributed by atoms with E-state index in [9.17, 15) is 19.2 Å². The average Bonchev–Trinajstić information content (AvgIpc) is 3.34. The van der Waals surface area contributed by atoms with Crippen molar-refractivity contribution in [2.45, 2.75) is 25.7 Å². The summed E-state index contributed by atoms with van der Waals surface area (Å²) in [5.74, 6) is -2.54. The number of ether oxygens (including phenoxy) is 2. The fourth-order valence-electron chi connectivity index (χ4n) is 2.28. The van der Waals surface area contributed by atoms with Crippen LogP contribution in [0.1, 0.15) is 25.7 Å². The van der Waals surface area contributed by atoms with Crippen LogP contribution in [0.5, 0.6) is 0 Å². The van der Waals surface area contributed by atoms with Gasteiger partial charge in [0.15, 0.2) is 0 Å². The summed E-state index contributed by atoms with van der Waals surface area (Å²) in [4.78, 5) is 41.8. The zero-order valence-corrected chi connectivity index (χ0v) is 12.5. The van der Waals surface area contributed by atoms with Crippen molar-refractivity contribution in [1.82, 2.24) is 0 Å². The van der Waals surface area contributed by atoms with E-state index >= 15 is 0 Å². The van der Waals surface area contributed by atoms with Gasteiger partial charge in [0, 0.05) is 12.8 Å².